The first-order valence-electron chi connectivity index (χ1n) is 8.51. The highest BCUT2D eigenvalue weighted by Crippen LogP contribution is 2.23. The van der Waals surface area contributed by atoms with Gasteiger partial charge >= 0.3 is 0 Å². The lowest BCUT2D eigenvalue weighted by Crippen LogP contribution is -2.18. The van der Waals surface area contributed by atoms with Gasteiger partial charge < -0.3 is 4.90 Å². The molecule has 25 heavy (non-hydrogen) atoms. The number of hydrogen-bond donors (Lipinski definition) is 0. The molecule has 2 atom stereocenters. The van der Waals surface area contributed by atoms with Crippen LogP contribution >= 0.6 is 0 Å². The second kappa shape index (κ2) is 10.4. The van der Waals surface area contributed by atoms with E-state index >= 15 is 0 Å². The summed E-state index contributed by atoms with van der Waals surface area (Å²) in [5.41, 5.74) is 3.59. The molecule has 0 aliphatic carbocycles. The van der Waals surface area contributed by atoms with Crippen molar-refractivity contribution in [2.45, 2.75) is 20.8 Å². The first-order valence-corrected chi connectivity index (χ1v) is 8.51. The van der Waals surface area contributed by atoms with Gasteiger partial charge in [0.15, 0.2) is 0 Å². The van der Waals surface area contributed by atoms with Gasteiger partial charge in [-0.15, -0.1) is 5.98 Å². The van der Waals surface area contributed by atoms with Crippen LogP contribution in [0.15, 0.2) is 109 Å². The number of allylic oxidation sites excluding steroid dienone is 11. The van der Waals surface area contributed by atoms with Gasteiger partial charge in [0.25, 0.3) is 0 Å². The van der Waals surface area contributed by atoms with E-state index in [-0.39, 0.29) is 0 Å². The van der Waals surface area contributed by atoms with Crippen LogP contribution in [0, 0.1) is 11.8 Å². The van der Waals surface area contributed by atoms with Crippen molar-refractivity contribution in [2.75, 3.05) is 0 Å². The van der Waals surface area contributed by atoms with Crippen molar-refractivity contribution in [2.24, 2.45) is 11.8 Å². The Kier molecular flexibility index (Phi) is 8.56. The Morgan fingerprint density at radius 1 is 1.08 bits per heavy atom. The molecule has 1 heterocycles. The Labute approximate surface area is 154 Å². The lowest BCUT2D eigenvalue weighted by Gasteiger charge is -2.27. The lowest BCUT2D eigenvalue weighted by atomic mass is 9.94. The van der Waals surface area contributed by atoms with E-state index in [1.807, 2.05) is 35.3 Å². The summed E-state index contributed by atoms with van der Waals surface area (Å²) in [6.07, 6.45) is 20.1. The lowest BCUT2D eigenvalue weighted by molar-refractivity contribution is 0.558. The minimum atomic E-state index is 0.456. The van der Waals surface area contributed by atoms with Crippen LogP contribution in [0.25, 0.3) is 0 Å². The third-order valence-corrected chi connectivity index (χ3v) is 4.09. The van der Waals surface area contributed by atoms with E-state index in [9.17, 15) is 0 Å². The summed E-state index contributed by atoms with van der Waals surface area (Å²) in [5.74, 6) is 2.41. The molecule has 2 radical (unpaired) electrons. The molecular formula is C23H28BN. The Hall–Kier alpha value is -2.48. The zero-order valence-electron chi connectivity index (χ0n) is 15.7. The van der Waals surface area contributed by atoms with Gasteiger partial charge in [-0.1, -0.05) is 76.1 Å². The van der Waals surface area contributed by atoms with Gasteiger partial charge in [0.05, 0.1) is 0 Å². The van der Waals surface area contributed by atoms with Crippen LogP contribution in [0.4, 0.5) is 0 Å². The van der Waals surface area contributed by atoms with Gasteiger partial charge in [-0.05, 0) is 42.6 Å². The molecule has 2 heteroatoms. The molecule has 1 nitrogen and oxygen atoms in total. The number of hydrogen-bond acceptors (Lipinski definition) is 1. The van der Waals surface area contributed by atoms with E-state index in [1.54, 1.807) is 6.08 Å². The van der Waals surface area contributed by atoms with Crippen molar-refractivity contribution in [3.8, 4) is 0 Å². The molecule has 1 aliphatic rings. The molecule has 1 rings (SSSR count). The van der Waals surface area contributed by atoms with Crippen molar-refractivity contribution >= 4 is 7.85 Å². The molecule has 0 amide bonds. The van der Waals surface area contributed by atoms with Crippen LogP contribution < -0.4 is 0 Å². The van der Waals surface area contributed by atoms with Gasteiger partial charge in [0.2, 0.25) is 0 Å². The van der Waals surface area contributed by atoms with Crippen LogP contribution in [0.2, 0.25) is 0 Å². The molecule has 0 aromatic heterocycles. The highest BCUT2D eigenvalue weighted by atomic mass is 15.2. The van der Waals surface area contributed by atoms with Crippen molar-refractivity contribution in [1.29, 1.82) is 0 Å². The number of nitrogens with zero attached hydrogens (tertiary/aromatic N) is 1. The summed E-state index contributed by atoms with van der Waals surface area (Å²) in [6, 6.07) is 0. The van der Waals surface area contributed by atoms with Crippen molar-refractivity contribution in [1.82, 2.24) is 4.90 Å². The Morgan fingerprint density at radius 3 is 2.40 bits per heavy atom. The summed E-state index contributed by atoms with van der Waals surface area (Å²) >= 11 is 0. The number of rotatable bonds is 3. The molecule has 0 saturated carbocycles. The smallest absolute Gasteiger partial charge is 0.102 e. The standard InChI is InChI=1S/C23H28BN/c1-7-10-23(15-16-24)25-21(5)12-9-8-11-19(3)20(4)14-13-18(2)17-22(25)6/h7-17,19-20H,1,5-6H2,2-4H3/b11-8-,12-9-,14-13-,16-15-,18-17-,23-10+. The zero-order chi connectivity index (χ0) is 18.8. The van der Waals surface area contributed by atoms with Crippen molar-refractivity contribution in [3.05, 3.63) is 109 Å². The molecule has 1 aliphatic heterocycles. The minimum absolute atomic E-state index is 0.456. The summed E-state index contributed by atoms with van der Waals surface area (Å²) < 4.78 is 0. The Morgan fingerprint density at radius 2 is 1.76 bits per heavy atom. The summed E-state index contributed by atoms with van der Waals surface area (Å²) in [5, 5.41) is 0. The normalized spacial score (nSPS) is 29.2. The van der Waals surface area contributed by atoms with E-state index in [1.165, 1.54) is 5.98 Å². The van der Waals surface area contributed by atoms with Gasteiger partial charge in [-0.3, -0.25) is 0 Å². The van der Waals surface area contributed by atoms with Crippen molar-refractivity contribution < 1.29 is 0 Å². The maximum absolute atomic E-state index is 5.61. The molecule has 0 spiro atoms. The third-order valence-electron chi connectivity index (χ3n) is 4.09. The molecule has 0 N–H and O–H groups in total. The fourth-order valence-corrected chi connectivity index (χ4v) is 2.45. The van der Waals surface area contributed by atoms with Crippen LogP contribution in [-0.4, -0.2) is 12.7 Å². The Balaban J connectivity index is 3.41. The molecule has 2 unspecified atom stereocenters. The van der Waals surface area contributed by atoms with Crippen LogP contribution in [0.5, 0.6) is 0 Å². The topological polar surface area (TPSA) is 3.24 Å². The fourth-order valence-electron chi connectivity index (χ4n) is 2.45. The molecular weight excluding hydrogens is 301 g/mol. The monoisotopic (exact) mass is 329 g/mol. The average molecular weight is 329 g/mol. The first-order chi connectivity index (χ1) is 11.9. The second-order valence-corrected chi connectivity index (χ2v) is 6.21. The van der Waals surface area contributed by atoms with Gasteiger partial charge in [0, 0.05) is 17.1 Å². The molecule has 0 aromatic rings. The van der Waals surface area contributed by atoms with Crippen LogP contribution in [0.1, 0.15) is 20.8 Å². The zero-order valence-corrected chi connectivity index (χ0v) is 15.7. The summed E-state index contributed by atoms with van der Waals surface area (Å²) in [4.78, 5) is 1.96. The third kappa shape index (κ3) is 6.50. The van der Waals surface area contributed by atoms with Gasteiger partial charge in [-0.25, -0.2) is 0 Å². The predicted octanol–water partition coefficient (Wildman–Crippen LogP) is 5.97. The van der Waals surface area contributed by atoms with E-state index in [2.05, 4.69) is 64.8 Å². The van der Waals surface area contributed by atoms with E-state index in [0.717, 1.165) is 22.7 Å². The van der Waals surface area contributed by atoms with E-state index < -0.39 is 0 Å². The van der Waals surface area contributed by atoms with E-state index in [4.69, 9.17) is 7.85 Å². The largest absolute Gasteiger partial charge is 0.312 e. The second-order valence-electron chi connectivity index (χ2n) is 6.21. The highest BCUT2D eigenvalue weighted by molar-refractivity contribution is 6.17. The van der Waals surface area contributed by atoms with E-state index in [0.29, 0.717) is 11.8 Å². The molecule has 0 fully saturated rings. The maximum Gasteiger partial charge on any atom is 0.102 e. The van der Waals surface area contributed by atoms with Crippen LogP contribution in [0.3, 0.4) is 0 Å². The summed E-state index contributed by atoms with van der Waals surface area (Å²) in [7, 11) is 5.61. The Bertz CT molecular complexity index is 683. The molecule has 0 bridgehead atoms. The molecule has 128 valence electrons. The fraction of sp³-hybridized carbons (Fsp3) is 0.217. The SMILES string of the molecule is [B]/C=C\C(=C/C=C)N1C(=C)/C=C\C=C/C(C)C(C)/C=C\C(C)=C/C1=C. The quantitative estimate of drug-likeness (QED) is 0.455. The molecule has 0 saturated heterocycles. The van der Waals surface area contributed by atoms with Crippen molar-refractivity contribution in [3.63, 3.8) is 0 Å². The summed E-state index contributed by atoms with van der Waals surface area (Å²) in [6.45, 7) is 18.7. The van der Waals surface area contributed by atoms with Crippen LogP contribution in [-0.2, 0) is 0 Å². The van der Waals surface area contributed by atoms with Gasteiger partial charge in [0.1, 0.15) is 7.85 Å². The minimum Gasteiger partial charge on any atom is -0.312 e. The first kappa shape index (κ1) is 20.6. The average Bonchev–Trinajstić information content (AvgIpc) is 2.56. The highest BCUT2D eigenvalue weighted by Gasteiger charge is 2.12. The van der Waals surface area contributed by atoms with Gasteiger partial charge in [-0.2, -0.15) is 0 Å². The molecule has 0 aromatic carbocycles. The predicted molar refractivity (Wildman–Crippen MR) is 113 cm³/mol. The maximum atomic E-state index is 5.61.